The zero-order chi connectivity index (χ0) is 19.0. The molecule has 142 valence electrons. The van der Waals surface area contributed by atoms with Crippen molar-refractivity contribution < 1.29 is 17.1 Å². The van der Waals surface area contributed by atoms with Gasteiger partial charge in [0.2, 0.25) is 0 Å². The summed E-state index contributed by atoms with van der Waals surface area (Å²) in [5.41, 5.74) is 5.12. The summed E-state index contributed by atoms with van der Waals surface area (Å²) in [4.78, 5) is 9.53. The third-order valence-electron chi connectivity index (χ3n) is 4.34. The van der Waals surface area contributed by atoms with Crippen LogP contribution >= 0.6 is 0 Å². The fourth-order valence-electron chi connectivity index (χ4n) is 2.93. The Morgan fingerprint density at radius 3 is 1.76 bits per heavy atom. The topological polar surface area (TPSA) is 25.8 Å². The molecule has 0 fully saturated rings. The van der Waals surface area contributed by atoms with Gasteiger partial charge in [0.15, 0.2) is 5.82 Å². The molecule has 29 heavy (non-hydrogen) atoms. The number of hydrogen-bond acceptors (Lipinski definition) is 2. The van der Waals surface area contributed by atoms with Crippen molar-refractivity contribution in [2.24, 2.45) is 0 Å². The van der Waals surface area contributed by atoms with Gasteiger partial charge in [-0.3, -0.25) is 0 Å². The molecule has 0 saturated carbocycles. The van der Waals surface area contributed by atoms with E-state index in [0.717, 1.165) is 33.9 Å². The van der Waals surface area contributed by atoms with Crippen LogP contribution in [-0.4, -0.2) is 9.97 Å². The molecule has 5 rings (SSSR count). The van der Waals surface area contributed by atoms with Gasteiger partial charge in [0, 0.05) is 11.3 Å². The third kappa shape index (κ3) is 5.39. The Morgan fingerprint density at radius 1 is 0.621 bits per heavy atom. The molecule has 0 radical (unpaired) electrons. The van der Waals surface area contributed by atoms with Crippen molar-refractivity contribution in [2.75, 3.05) is 0 Å². The summed E-state index contributed by atoms with van der Waals surface area (Å²) in [6.45, 7) is 0. The molecular weight excluding hydrogens is 396 g/mol. The number of nitrogens with zero attached hydrogens (tertiary/aromatic N) is 2. The second kappa shape index (κ2) is 10.3. The zero-order valence-corrected chi connectivity index (χ0v) is 16.9. The summed E-state index contributed by atoms with van der Waals surface area (Å²) in [7, 11) is 0. The van der Waals surface area contributed by atoms with Crippen molar-refractivity contribution in [2.45, 2.75) is 0 Å². The van der Waals surface area contributed by atoms with Crippen LogP contribution in [0.25, 0.3) is 33.9 Å². The Kier molecular flexibility index (Phi) is 7.29. The molecule has 0 spiro atoms. The minimum Gasteiger partial charge on any atom is -0.248 e. The number of aromatic nitrogens is 2. The van der Waals surface area contributed by atoms with Gasteiger partial charge < -0.3 is 0 Å². The first-order valence-electron chi connectivity index (χ1n) is 9.29. The molecule has 0 saturated heterocycles. The predicted molar refractivity (Wildman–Crippen MR) is 116 cm³/mol. The van der Waals surface area contributed by atoms with Crippen molar-refractivity contribution in [3.8, 4) is 33.9 Å². The molecule has 2 nitrogen and oxygen atoms in total. The van der Waals surface area contributed by atoms with E-state index in [0.29, 0.717) is 0 Å². The van der Waals surface area contributed by atoms with Crippen LogP contribution in [0.4, 0.5) is 0 Å². The first-order valence-corrected chi connectivity index (χ1v) is 9.29. The molecule has 1 heterocycles. The summed E-state index contributed by atoms with van der Waals surface area (Å²) in [5.74, 6) is 0.753. The molecule has 0 aliphatic heterocycles. The first kappa shape index (κ1) is 20.5. The Balaban J connectivity index is 0.000000352. The fourth-order valence-corrected chi connectivity index (χ4v) is 2.93. The SMILES string of the molecule is [Fe+2].c1cc[cH-]c1.c1ccc(-c2cc(-[c-]3cccc3)nc(-c3ccccc3)n2)cc1. The predicted octanol–water partition coefficient (Wildman–Crippen LogP) is 6.60. The van der Waals surface area contributed by atoms with E-state index in [2.05, 4.69) is 30.3 Å². The van der Waals surface area contributed by atoms with Gasteiger partial charge in [-0.2, -0.15) is 30.3 Å². The van der Waals surface area contributed by atoms with Gasteiger partial charge in [0.1, 0.15) is 0 Å². The van der Waals surface area contributed by atoms with Crippen LogP contribution in [-0.2, 0) is 17.1 Å². The Morgan fingerprint density at radius 2 is 1.21 bits per heavy atom. The summed E-state index contributed by atoms with van der Waals surface area (Å²) < 4.78 is 0. The third-order valence-corrected chi connectivity index (χ3v) is 4.34. The van der Waals surface area contributed by atoms with Crippen LogP contribution in [0.3, 0.4) is 0 Å². The van der Waals surface area contributed by atoms with Crippen LogP contribution in [0.15, 0.2) is 121 Å². The van der Waals surface area contributed by atoms with Crippen molar-refractivity contribution in [3.63, 3.8) is 0 Å². The van der Waals surface area contributed by atoms with Crippen LogP contribution < -0.4 is 0 Å². The van der Waals surface area contributed by atoms with E-state index in [-0.39, 0.29) is 17.1 Å². The molecule has 0 atom stereocenters. The van der Waals surface area contributed by atoms with E-state index in [1.807, 2.05) is 91.0 Å². The number of benzene rings is 2. The maximum Gasteiger partial charge on any atom is 2.00 e. The van der Waals surface area contributed by atoms with Gasteiger partial charge in [-0.15, -0.1) is 12.1 Å². The zero-order valence-electron chi connectivity index (χ0n) is 15.8. The van der Waals surface area contributed by atoms with Gasteiger partial charge in [0.25, 0.3) is 0 Å². The molecule has 1 aromatic heterocycles. The molecule has 0 amide bonds. The Labute approximate surface area is 182 Å². The van der Waals surface area contributed by atoms with Gasteiger partial charge in [-0.25, -0.2) is 22.1 Å². The van der Waals surface area contributed by atoms with Crippen molar-refractivity contribution in [1.82, 2.24) is 9.97 Å². The van der Waals surface area contributed by atoms with Crippen LogP contribution in [0.1, 0.15) is 0 Å². The van der Waals surface area contributed by atoms with Gasteiger partial charge in [0.05, 0.1) is 0 Å². The second-order valence-electron chi connectivity index (χ2n) is 6.33. The molecular formula is C26H20FeN2. The van der Waals surface area contributed by atoms with Crippen LogP contribution in [0, 0.1) is 0 Å². The molecule has 0 bridgehead atoms. The quantitative estimate of drug-likeness (QED) is 0.245. The van der Waals surface area contributed by atoms with E-state index in [9.17, 15) is 0 Å². The smallest absolute Gasteiger partial charge is 0.248 e. The van der Waals surface area contributed by atoms with Crippen LogP contribution in [0.2, 0.25) is 0 Å². The average molecular weight is 416 g/mol. The second-order valence-corrected chi connectivity index (χ2v) is 6.33. The van der Waals surface area contributed by atoms with E-state index < -0.39 is 0 Å². The fraction of sp³-hybridized carbons (Fsp3) is 0. The maximum absolute atomic E-state index is 4.77. The normalized spacial score (nSPS) is 9.79. The number of rotatable bonds is 3. The van der Waals surface area contributed by atoms with Crippen molar-refractivity contribution in [1.29, 1.82) is 0 Å². The van der Waals surface area contributed by atoms with Gasteiger partial charge in [-0.1, -0.05) is 72.3 Å². The summed E-state index contributed by atoms with van der Waals surface area (Å²) in [5, 5.41) is 0. The summed E-state index contributed by atoms with van der Waals surface area (Å²) in [6, 6.07) is 40.6. The Hall–Kier alpha value is -3.26. The number of hydrogen-bond donors (Lipinski definition) is 0. The largest absolute Gasteiger partial charge is 2.00 e. The van der Waals surface area contributed by atoms with Crippen LogP contribution in [0.5, 0.6) is 0 Å². The average Bonchev–Trinajstić information content (AvgIpc) is 3.52. The van der Waals surface area contributed by atoms with E-state index in [1.54, 1.807) is 0 Å². The summed E-state index contributed by atoms with van der Waals surface area (Å²) >= 11 is 0. The molecule has 0 unspecified atom stereocenters. The van der Waals surface area contributed by atoms with E-state index >= 15 is 0 Å². The molecule has 3 heteroatoms. The molecule has 0 aliphatic carbocycles. The first-order chi connectivity index (χ1) is 13.9. The summed E-state index contributed by atoms with van der Waals surface area (Å²) in [6.07, 6.45) is 0. The minimum atomic E-state index is 0. The maximum atomic E-state index is 4.77. The molecule has 4 aromatic carbocycles. The molecule has 5 aromatic rings. The Bertz CT molecular complexity index is 1010. The molecule has 0 N–H and O–H groups in total. The van der Waals surface area contributed by atoms with Gasteiger partial charge in [-0.05, 0) is 11.3 Å². The standard InChI is InChI=1S/C21H15N2.C5H5.Fe/c1-3-9-16(10-4-1)19-15-20(17-11-7-8-12-17)23-21(22-19)18-13-5-2-6-14-18;1-2-4-5-3-1;/h1-15H;1-5H;/q2*-1;+2. The van der Waals surface area contributed by atoms with E-state index in [4.69, 9.17) is 9.97 Å². The monoisotopic (exact) mass is 416 g/mol. The van der Waals surface area contributed by atoms with Crippen molar-refractivity contribution in [3.05, 3.63) is 121 Å². The molecule has 0 aliphatic rings. The van der Waals surface area contributed by atoms with Gasteiger partial charge >= 0.3 is 17.1 Å². The minimum absolute atomic E-state index is 0. The van der Waals surface area contributed by atoms with E-state index in [1.165, 1.54) is 0 Å². The van der Waals surface area contributed by atoms with Crippen molar-refractivity contribution >= 4 is 0 Å².